The normalized spacial score (nSPS) is 11.6. The zero-order chi connectivity index (χ0) is 35.3. The molecule has 54 heavy (non-hydrogen) atoms. The first kappa shape index (κ1) is 38.7. The van der Waals surface area contributed by atoms with Crippen molar-refractivity contribution in [2.75, 3.05) is 0 Å². The van der Waals surface area contributed by atoms with Gasteiger partial charge in [-0.05, 0) is 117 Å². The average Bonchev–Trinajstić information content (AvgIpc) is 3.99. The number of aromatic nitrogens is 4. The van der Waals surface area contributed by atoms with Crippen LogP contribution in [0.4, 0.5) is 0 Å². The van der Waals surface area contributed by atoms with Gasteiger partial charge in [-0.2, -0.15) is 0 Å². The Morgan fingerprint density at radius 3 is 0.722 bits per heavy atom. The second-order valence-electron chi connectivity index (χ2n) is 12.4. The molecule has 8 bridgehead atoms. The van der Waals surface area contributed by atoms with Crippen LogP contribution < -0.4 is 22.4 Å². The fourth-order valence-electron chi connectivity index (χ4n) is 6.74. The zero-order valence-electron chi connectivity index (χ0n) is 27.8. The Balaban J connectivity index is 0.00000225. The van der Waals surface area contributed by atoms with Gasteiger partial charge in [0.2, 0.25) is 0 Å². The third-order valence-electron chi connectivity index (χ3n) is 9.14. The van der Waals surface area contributed by atoms with Crippen molar-refractivity contribution in [3.05, 3.63) is 162 Å². The number of hydrogen-bond donors (Lipinski definition) is 0. The summed E-state index contributed by atoms with van der Waals surface area (Å²) in [6, 6.07) is 41.6. The minimum absolute atomic E-state index is 0. The summed E-state index contributed by atoms with van der Waals surface area (Å²) in [5.41, 5.74) is 14.5. The van der Waals surface area contributed by atoms with Gasteiger partial charge in [0.25, 0.3) is 0 Å². The van der Waals surface area contributed by atoms with E-state index in [9.17, 15) is 0 Å². The van der Waals surface area contributed by atoms with Gasteiger partial charge in [-0.3, -0.25) is 0 Å². The molecule has 0 fully saturated rings. The molecule has 0 atom stereocenters. The standard InChI is InChI=1S/C44H24Br4N4.Au.ClH/c45-29-9-1-25(2-10-29)41-33-17-19-35(49-33)42(26-3-11-30(46)12-4-26)37-21-23-39(51-37)44(28-7-15-32(48)16-8-28)40-24-22-38(52-40)43(36-20-18-34(41)50-36)27-5-13-31(47)14-6-27;;/h1-24H;;1H/q-2;+3;/p-1. The van der Waals surface area contributed by atoms with E-state index in [4.69, 9.17) is 19.9 Å². The van der Waals surface area contributed by atoms with Gasteiger partial charge in [0.15, 0.2) is 0 Å². The molecule has 0 amide bonds. The first-order chi connectivity index (χ1) is 25.4. The molecule has 0 aliphatic carbocycles. The van der Waals surface area contributed by atoms with Crippen LogP contribution in [-0.2, 0) is 22.4 Å². The fourth-order valence-corrected chi connectivity index (χ4v) is 7.79. The molecule has 2 aliphatic heterocycles. The van der Waals surface area contributed by atoms with Crippen LogP contribution in [0.15, 0.2) is 139 Å². The third kappa shape index (κ3) is 7.51. The Labute approximate surface area is 367 Å². The quantitative estimate of drug-likeness (QED) is 0.165. The van der Waals surface area contributed by atoms with E-state index in [2.05, 4.69) is 209 Å². The molecule has 266 valence electrons. The van der Waals surface area contributed by atoms with E-state index in [1.54, 1.807) is 0 Å². The minimum atomic E-state index is 0. The second-order valence-corrected chi connectivity index (χ2v) is 16.1. The predicted octanol–water partition coefficient (Wildman–Crippen LogP) is 10.6. The van der Waals surface area contributed by atoms with Crippen molar-refractivity contribution < 1.29 is 34.8 Å². The first-order valence-electron chi connectivity index (χ1n) is 16.5. The van der Waals surface area contributed by atoms with E-state index in [0.29, 0.717) is 0 Å². The number of rotatable bonds is 4. The van der Waals surface area contributed by atoms with Crippen molar-refractivity contribution in [1.82, 2.24) is 19.9 Å². The largest absolute Gasteiger partial charge is 3.00 e. The summed E-state index contributed by atoms with van der Waals surface area (Å²) in [5.74, 6) is 0. The Kier molecular flexibility index (Phi) is 11.7. The van der Waals surface area contributed by atoms with Crippen molar-refractivity contribution in [3.63, 3.8) is 0 Å². The number of nitrogens with zero attached hydrogens (tertiary/aromatic N) is 4. The zero-order valence-corrected chi connectivity index (χ0v) is 37.1. The Morgan fingerprint density at radius 2 is 0.519 bits per heavy atom. The SMILES string of the molecule is Brc1ccc(-c2c3nc(c(-c4ccc(Br)cc4)c4ccc([n-]4)c(-c4ccc(Br)cc4)c4nc(c(-c5ccc(Br)cc5)c5ccc2[n-]5)C=C4)C=C3)cc1.[Au+3].[Cl-]. The van der Waals surface area contributed by atoms with Gasteiger partial charge in [0.1, 0.15) is 0 Å². The molecular formula is C44H24AuBr4ClN4. The second kappa shape index (κ2) is 16.3. The molecule has 0 radical (unpaired) electrons. The molecule has 0 spiro atoms. The Hall–Kier alpha value is -3.57. The average molecular weight is 1160 g/mol. The molecule has 2 aliphatic rings. The summed E-state index contributed by atoms with van der Waals surface area (Å²) < 4.78 is 4.02. The van der Waals surface area contributed by atoms with E-state index in [1.807, 2.05) is 0 Å². The van der Waals surface area contributed by atoms with Gasteiger partial charge in [0.05, 0.1) is 22.8 Å². The maximum atomic E-state index is 5.34. The Morgan fingerprint density at radius 1 is 0.315 bits per heavy atom. The topological polar surface area (TPSA) is 54.0 Å². The molecule has 4 nitrogen and oxygen atoms in total. The summed E-state index contributed by atoms with van der Waals surface area (Å²) in [7, 11) is 0. The van der Waals surface area contributed by atoms with E-state index >= 15 is 0 Å². The number of benzene rings is 4. The van der Waals surface area contributed by atoms with E-state index in [-0.39, 0.29) is 34.8 Å². The van der Waals surface area contributed by atoms with Crippen LogP contribution in [0.2, 0.25) is 0 Å². The van der Waals surface area contributed by atoms with Gasteiger partial charge in [-0.15, -0.1) is 22.1 Å². The van der Waals surface area contributed by atoms with Gasteiger partial charge in [-0.1, -0.05) is 137 Å². The molecular weight excluding hydrogens is 1140 g/mol. The molecule has 0 N–H and O–H groups in total. The van der Waals surface area contributed by atoms with Crippen LogP contribution in [-0.4, -0.2) is 9.97 Å². The number of hydrogen-bond acceptors (Lipinski definition) is 2. The van der Waals surface area contributed by atoms with E-state index in [0.717, 1.165) is 107 Å². The van der Waals surface area contributed by atoms with Crippen molar-refractivity contribution >= 4 is 110 Å². The van der Waals surface area contributed by atoms with Crippen LogP contribution in [0, 0.1) is 0 Å². The number of fused-ring (bicyclic) bond motifs is 8. The van der Waals surface area contributed by atoms with Crippen molar-refractivity contribution in [2.24, 2.45) is 0 Å². The molecule has 10 heteroatoms. The molecule has 0 saturated heterocycles. The van der Waals surface area contributed by atoms with Crippen molar-refractivity contribution in [2.45, 2.75) is 0 Å². The maximum Gasteiger partial charge on any atom is 3.00 e. The fraction of sp³-hybridized carbons (Fsp3) is 0. The third-order valence-corrected chi connectivity index (χ3v) is 11.3. The van der Waals surface area contributed by atoms with E-state index < -0.39 is 0 Å². The number of halogens is 5. The first-order valence-corrected chi connectivity index (χ1v) is 19.6. The minimum Gasteiger partial charge on any atom is -1.00 e. The summed E-state index contributed by atoms with van der Waals surface area (Å²) >= 11 is 14.5. The summed E-state index contributed by atoms with van der Waals surface area (Å²) in [4.78, 5) is 21.4. The van der Waals surface area contributed by atoms with Gasteiger partial charge in [0, 0.05) is 17.9 Å². The molecule has 5 heterocycles. The van der Waals surface area contributed by atoms with Crippen molar-refractivity contribution in [1.29, 1.82) is 0 Å². The smallest absolute Gasteiger partial charge is 1.00 e. The van der Waals surface area contributed by atoms with Crippen molar-refractivity contribution in [3.8, 4) is 44.5 Å². The van der Waals surface area contributed by atoms with E-state index in [1.165, 1.54) is 0 Å². The van der Waals surface area contributed by atoms with Gasteiger partial charge in [-0.25, -0.2) is 9.97 Å². The molecule has 3 aromatic heterocycles. The van der Waals surface area contributed by atoms with Crippen LogP contribution >= 0.6 is 63.7 Å². The van der Waals surface area contributed by atoms with Gasteiger partial charge < -0.3 is 22.4 Å². The predicted molar refractivity (Wildman–Crippen MR) is 229 cm³/mol. The summed E-state index contributed by atoms with van der Waals surface area (Å²) in [5, 5.41) is 0. The van der Waals surface area contributed by atoms with Gasteiger partial charge >= 0.3 is 22.4 Å². The molecule has 4 aromatic carbocycles. The molecule has 7 aromatic rings. The van der Waals surface area contributed by atoms with Crippen LogP contribution in [0.5, 0.6) is 0 Å². The monoisotopic (exact) mass is 1160 g/mol. The summed E-state index contributed by atoms with van der Waals surface area (Å²) in [6.45, 7) is 0. The van der Waals surface area contributed by atoms with Crippen LogP contribution in [0.3, 0.4) is 0 Å². The Bertz CT molecular complexity index is 2380. The van der Waals surface area contributed by atoms with Crippen LogP contribution in [0.25, 0.3) is 90.9 Å². The molecule has 9 rings (SSSR count). The molecule has 0 saturated carbocycles. The maximum absolute atomic E-state index is 5.34. The molecule has 0 unspecified atom stereocenters. The summed E-state index contributed by atoms with van der Waals surface area (Å²) in [6.07, 6.45) is 8.35. The van der Waals surface area contributed by atoms with Crippen LogP contribution in [0.1, 0.15) is 22.8 Å².